The van der Waals surface area contributed by atoms with Gasteiger partial charge in [0.2, 0.25) is 0 Å². The molecule has 0 saturated carbocycles. The van der Waals surface area contributed by atoms with Crippen LogP contribution in [0.25, 0.3) is 0 Å². The molecule has 0 saturated heterocycles. The maximum Gasteiger partial charge on any atom is 0.122 e. The third-order valence-electron chi connectivity index (χ3n) is 3.69. The van der Waals surface area contributed by atoms with Gasteiger partial charge < -0.3 is 15.2 Å². The third-order valence-corrected chi connectivity index (χ3v) is 3.69. The number of benzene rings is 1. The summed E-state index contributed by atoms with van der Waals surface area (Å²) in [6.45, 7) is 6.96. The van der Waals surface area contributed by atoms with Gasteiger partial charge in [-0.2, -0.15) is 0 Å². The molecule has 0 aliphatic heterocycles. The minimum Gasteiger partial charge on any atom is -0.496 e. The van der Waals surface area contributed by atoms with E-state index in [1.165, 1.54) is 5.56 Å². The lowest BCUT2D eigenvalue weighted by Gasteiger charge is -2.21. The number of rotatable bonds is 8. The van der Waals surface area contributed by atoms with Crippen LogP contribution in [-0.4, -0.2) is 30.9 Å². The Kier molecular flexibility index (Phi) is 6.89. The molecule has 108 valence electrons. The van der Waals surface area contributed by atoms with Crippen LogP contribution in [0.1, 0.15) is 32.8 Å². The van der Waals surface area contributed by atoms with Gasteiger partial charge in [-0.25, -0.2) is 0 Å². The van der Waals surface area contributed by atoms with E-state index in [2.05, 4.69) is 32.2 Å². The summed E-state index contributed by atoms with van der Waals surface area (Å²) in [5.74, 6) is 1.27. The third kappa shape index (κ3) is 5.21. The van der Waals surface area contributed by atoms with Crippen LogP contribution in [0.15, 0.2) is 24.3 Å². The normalized spacial score (nSPS) is 15.8. The SMILES string of the molecule is CCC(C)C(O)CNC(C)Cc1ccccc1OC. The van der Waals surface area contributed by atoms with Gasteiger partial charge in [-0.1, -0.05) is 38.5 Å². The maximum absolute atomic E-state index is 9.95. The highest BCUT2D eigenvalue weighted by Crippen LogP contribution is 2.18. The summed E-state index contributed by atoms with van der Waals surface area (Å²) < 4.78 is 5.35. The van der Waals surface area contributed by atoms with Gasteiger partial charge in [0.1, 0.15) is 5.75 Å². The molecule has 0 amide bonds. The first-order valence-corrected chi connectivity index (χ1v) is 7.11. The van der Waals surface area contributed by atoms with E-state index in [9.17, 15) is 5.11 Å². The molecule has 0 fully saturated rings. The summed E-state index contributed by atoms with van der Waals surface area (Å²) in [6, 6.07) is 8.39. The largest absolute Gasteiger partial charge is 0.496 e. The predicted octanol–water partition coefficient (Wildman–Crippen LogP) is 2.62. The Bertz CT molecular complexity index is 368. The monoisotopic (exact) mass is 265 g/mol. The Hall–Kier alpha value is -1.06. The van der Waals surface area contributed by atoms with E-state index in [1.807, 2.05) is 18.2 Å². The van der Waals surface area contributed by atoms with Gasteiger partial charge in [-0.05, 0) is 30.9 Å². The first kappa shape index (κ1) is 16.0. The molecule has 3 unspecified atom stereocenters. The molecule has 1 rings (SSSR count). The average Bonchev–Trinajstić information content (AvgIpc) is 2.44. The van der Waals surface area contributed by atoms with E-state index < -0.39 is 0 Å². The number of hydrogen-bond donors (Lipinski definition) is 2. The van der Waals surface area contributed by atoms with Crippen LogP contribution in [0.2, 0.25) is 0 Å². The lowest BCUT2D eigenvalue weighted by molar-refractivity contribution is 0.110. The summed E-state index contributed by atoms with van der Waals surface area (Å²) in [7, 11) is 1.70. The highest BCUT2D eigenvalue weighted by atomic mass is 16.5. The first-order valence-electron chi connectivity index (χ1n) is 7.11. The van der Waals surface area contributed by atoms with Crippen LogP contribution in [0.5, 0.6) is 5.75 Å². The summed E-state index contributed by atoms with van der Waals surface area (Å²) >= 11 is 0. The smallest absolute Gasteiger partial charge is 0.122 e. The van der Waals surface area contributed by atoms with Crippen molar-refractivity contribution in [3.63, 3.8) is 0 Å². The Morgan fingerprint density at radius 1 is 1.26 bits per heavy atom. The molecule has 3 heteroatoms. The number of methoxy groups -OCH3 is 1. The number of ether oxygens (including phenoxy) is 1. The highest BCUT2D eigenvalue weighted by Gasteiger charge is 2.14. The lowest BCUT2D eigenvalue weighted by Crippen LogP contribution is -2.37. The Morgan fingerprint density at radius 3 is 2.58 bits per heavy atom. The molecule has 1 aromatic rings. The molecule has 0 aromatic heterocycles. The predicted molar refractivity (Wildman–Crippen MR) is 79.6 cm³/mol. The minimum atomic E-state index is -0.273. The number of aliphatic hydroxyl groups is 1. The van der Waals surface area contributed by atoms with Gasteiger partial charge in [0.15, 0.2) is 0 Å². The number of hydrogen-bond acceptors (Lipinski definition) is 3. The standard InChI is InChI=1S/C16H27NO2/c1-5-12(2)15(18)11-17-13(3)10-14-8-6-7-9-16(14)19-4/h6-9,12-13,15,17-18H,5,10-11H2,1-4H3. The van der Waals surface area contributed by atoms with Gasteiger partial charge in [-0.15, -0.1) is 0 Å². The minimum absolute atomic E-state index is 0.273. The molecule has 2 N–H and O–H groups in total. The Balaban J connectivity index is 2.44. The van der Waals surface area contributed by atoms with E-state index in [0.29, 0.717) is 18.5 Å². The molecule has 0 aliphatic rings. The van der Waals surface area contributed by atoms with Crippen molar-refractivity contribution >= 4 is 0 Å². The van der Waals surface area contributed by atoms with Crippen LogP contribution in [0, 0.1) is 5.92 Å². The summed E-state index contributed by atoms with van der Waals surface area (Å²) in [5.41, 5.74) is 1.20. The van der Waals surface area contributed by atoms with Crippen LogP contribution in [-0.2, 0) is 6.42 Å². The fourth-order valence-corrected chi connectivity index (χ4v) is 2.07. The van der Waals surface area contributed by atoms with E-state index in [1.54, 1.807) is 7.11 Å². The van der Waals surface area contributed by atoms with Gasteiger partial charge in [0.05, 0.1) is 13.2 Å². The van der Waals surface area contributed by atoms with Crippen LogP contribution in [0.4, 0.5) is 0 Å². The van der Waals surface area contributed by atoms with Crippen molar-refractivity contribution < 1.29 is 9.84 Å². The lowest BCUT2D eigenvalue weighted by atomic mass is 10.0. The molecule has 3 nitrogen and oxygen atoms in total. The van der Waals surface area contributed by atoms with Gasteiger partial charge in [0, 0.05) is 12.6 Å². The first-order chi connectivity index (χ1) is 9.08. The van der Waals surface area contributed by atoms with Crippen molar-refractivity contribution in [1.29, 1.82) is 0 Å². The quantitative estimate of drug-likeness (QED) is 0.759. The van der Waals surface area contributed by atoms with E-state index in [-0.39, 0.29) is 6.10 Å². The van der Waals surface area contributed by atoms with Crippen molar-refractivity contribution in [2.75, 3.05) is 13.7 Å². The van der Waals surface area contributed by atoms with Crippen LogP contribution < -0.4 is 10.1 Å². The molecule has 19 heavy (non-hydrogen) atoms. The van der Waals surface area contributed by atoms with Crippen LogP contribution >= 0.6 is 0 Å². The molecule has 1 aromatic carbocycles. The van der Waals surface area contributed by atoms with Crippen molar-refractivity contribution in [1.82, 2.24) is 5.32 Å². The maximum atomic E-state index is 9.95. The van der Waals surface area contributed by atoms with Crippen molar-refractivity contribution in [3.8, 4) is 5.75 Å². The van der Waals surface area contributed by atoms with E-state index >= 15 is 0 Å². The zero-order valence-electron chi connectivity index (χ0n) is 12.5. The van der Waals surface area contributed by atoms with Crippen molar-refractivity contribution in [2.45, 2.75) is 45.8 Å². The van der Waals surface area contributed by atoms with Gasteiger partial charge in [-0.3, -0.25) is 0 Å². The molecule has 0 bridgehead atoms. The molecule has 3 atom stereocenters. The number of nitrogens with one attached hydrogen (secondary N) is 1. The molecule has 0 radical (unpaired) electrons. The molecular formula is C16H27NO2. The fourth-order valence-electron chi connectivity index (χ4n) is 2.07. The van der Waals surface area contributed by atoms with Crippen molar-refractivity contribution in [3.05, 3.63) is 29.8 Å². The Morgan fingerprint density at radius 2 is 1.95 bits per heavy atom. The summed E-state index contributed by atoms with van der Waals surface area (Å²) in [4.78, 5) is 0. The highest BCUT2D eigenvalue weighted by molar-refractivity contribution is 5.33. The molecule has 0 aliphatic carbocycles. The average molecular weight is 265 g/mol. The van der Waals surface area contributed by atoms with E-state index in [0.717, 1.165) is 18.6 Å². The number of para-hydroxylation sites is 1. The zero-order chi connectivity index (χ0) is 14.3. The second-order valence-electron chi connectivity index (χ2n) is 5.28. The summed E-state index contributed by atoms with van der Waals surface area (Å²) in [5, 5.41) is 13.3. The second kappa shape index (κ2) is 8.18. The van der Waals surface area contributed by atoms with E-state index in [4.69, 9.17) is 4.74 Å². The molecule has 0 heterocycles. The van der Waals surface area contributed by atoms with Gasteiger partial charge in [0.25, 0.3) is 0 Å². The second-order valence-corrected chi connectivity index (χ2v) is 5.28. The zero-order valence-corrected chi connectivity index (χ0v) is 12.5. The Labute approximate surface area is 117 Å². The summed E-state index contributed by atoms with van der Waals surface area (Å²) in [6.07, 6.45) is 1.63. The number of aliphatic hydroxyl groups excluding tert-OH is 1. The molecular weight excluding hydrogens is 238 g/mol. The molecule has 0 spiro atoms. The van der Waals surface area contributed by atoms with Crippen molar-refractivity contribution in [2.24, 2.45) is 5.92 Å². The van der Waals surface area contributed by atoms with Crippen LogP contribution in [0.3, 0.4) is 0 Å². The topological polar surface area (TPSA) is 41.5 Å². The van der Waals surface area contributed by atoms with Gasteiger partial charge >= 0.3 is 0 Å². The fraction of sp³-hybridized carbons (Fsp3) is 0.625.